The van der Waals surface area contributed by atoms with Crippen LogP contribution in [0, 0.1) is 0 Å². The summed E-state index contributed by atoms with van der Waals surface area (Å²) < 4.78 is 5.31. The van der Waals surface area contributed by atoms with E-state index in [0.29, 0.717) is 0 Å². The Hall–Kier alpha value is -0.730. The van der Waals surface area contributed by atoms with E-state index >= 15 is 0 Å². The zero-order valence-electron chi connectivity index (χ0n) is 13.4. The lowest BCUT2D eigenvalue weighted by atomic mass is 10.2. The van der Waals surface area contributed by atoms with E-state index in [-0.39, 0.29) is 12.2 Å². The highest BCUT2D eigenvalue weighted by molar-refractivity contribution is 5.67. The highest BCUT2D eigenvalue weighted by Crippen LogP contribution is 2.07. The molecule has 114 valence electrons. The Balaban J connectivity index is 4.02. The maximum Gasteiger partial charge on any atom is 0.410 e. The van der Waals surface area contributed by atoms with Crippen LogP contribution in [0.15, 0.2) is 0 Å². The summed E-state index contributed by atoms with van der Waals surface area (Å²) >= 11 is 0. The van der Waals surface area contributed by atoms with Crippen LogP contribution < -0.4 is 0 Å². The number of carbonyl (C=O) groups excluding carboxylic acids is 1. The Labute approximate surface area is 119 Å². The van der Waals surface area contributed by atoms with E-state index in [2.05, 4.69) is 13.8 Å². The summed E-state index contributed by atoms with van der Waals surface area (Å²) in [5.74, 6) is 0. The summed E-state index contributed by atoms with van der Waals surface area (Å²) in [6, 6.07) is 0. The molecule has 0 aliphatic carbocycles. The van der Waals surface area contributed by atoms with Gasteiger partial charge in [0.2, 0.25) is 0 Å². The molecule has 1 amide bonds. The molecule has 0 aliphatic heterocycles. The van der Waals surface area contributed by atoms with Crippen molar-refractivity contribution in [2.75, 3.05) is 13.1 Å². The largest absolute Gasteiger partial charge is 0.447 e. The highest BCUT2D eigenvalue weighted by Gasteiger charge is 2.15. The van der Waals surface area contributed by atoms with E-state index in [4.69, 9.17) is 4.74 Å². The standard InChI is InChI=1S/C16H33NO2/c1-5-7-9-11-13-17(14-12-10-8-6-2)16(18)19-15(3)4/h15H,5-14H2,1-4H3. The van der Waals surface area contributed by atoms with Crippen LogP contribution in [0.3, 0.4) is 0 Å². The van der Waals surface area contributed by atoms with Gasteiger partial charge in [-0.3, -0.25) is 0 Å². The molecule has 0 fully saturated rings. The van der Waals surface area contributed by atoms with Gasteiger partial charge in [0.15, 0.2) is 0 Å². The summed E-state index contributed by atoms with van der Waals surface area (Å²) in [5, 5.41) is 0. The van der Waals surface area contributed by atoms with Crippen molar-refractivity contribution in [2.45, 2.75) is 85.2 Å². The first kappa shape index (κ1) is 18.3. The van der Waals surface area contributed by atoms with Crippen molar-refractivity contribution in [1.29, 1.82) is 0 Å². The van der Waals surface area contributed by atoms with Crippen LogP contribution in [0.5, 0.6) is 0 Å². The average Bonchev–Trinajstić information content (AvgIpc) is 2.36. The molecule has 0 atom stereocenters. The molecule has 0 saturated carbocycles. The molecule has 0 radical (unpaired) electrons. The van der Waals surface area contributed by atoms with Gasteiger partial charge in [-0.05, 0) is 26.7 Å². The maximum atomic E-state index is 12.0. The second-order valence-corrected chi connectivity index (χ2v) is 5.54. The first-order valence-electron chi connectivity index (χ1n) is 8.07. The number of carbonyl (C=O) groups is 1. The van der Waals surface area contributed by atoms with Crippen molar-refractivity contribution >= 4 is 6.09 Å². The topological polar surface area (TPSA) is 29.5 Å². The van der Waals surface area contributed by atoms with E-state index in [0.717, 1.165) is 25.9 Å². The highest BCUT2D eigenvalue weighted by atomic mass is 16.6. The molecule has 0 aromatic rings. The minimum absolute atomic E-state index is 0.0266. The number of unbranched alkanes of at least 4 members (excludes halogenated alkanes) is 6. The van der Waals surface area contributed by atoms with E-state index in [1.165, 1.54) is 38.5 Å². The van der Waals surface area contributed by atoms with Gasteiger partial charge in [0.25, 0.3) is 0 Å². The lowest BCUT2D eigenvalue weighted by Crippen LogP contribution is -2.35. The van der Waals surface area contributed by atoms with Gasteiger partial charge in [-0.2, -0.15) is 0 Å². The minimum Gasteiger partial charge on any atom is -0.447 e. The number of nitrogens with zero attached hydrogens (tertiary/aromatic N) is 1. The van der Waals surface area contributed by atoms with Crippen molar-refractivity contribution in [1.82, 2.24) is 4.90 Å². The molecule has 0 unspecified atom stereocenters. The Morgan fingerprint density at radius 3 is 1.74 bits per heavy atom. The average molecular weight is 271 g/mol. The Bertz CT molecular complexity index is 205. The zero-order valence-corrected chi connectivity index (χ0v) is 13.4. The summed E-state index contributed by atoms with van der Waals surface area (Å²) in [5.41, 5.74) is 0. The molecule has 0 saturated heterocycles. The molecular weight excluding hydrogens is 238 g/mol. The quantitative estimate of drug-likeness (QED) is 0.495. The van der Waals surface area contributed by atoms with Gasteiger partial charge in [-0.15, -0.1) is 0 Å². The van der Waals surface area contributed by atoms with E-state index < -0.39 is 0 Å². The molecular formula is C16H33NO2. The fourth-order valence-electron chi connectivity index (χ4n) is 2.03. The SMILES string of the molecule is CCCCCCN(CCCCCC)C(=O)OC(C)C. The van der Waals surface area contributed by atoms with Crippen molar-refractivity contribution in [3.63, 3.8) is 0 Å². The summed E-state index contributed by atoms with van der Waals surface area (Å²) in [6.45, 7) is 9.91. The van der Waals surface area contributed by atoms with Crippen LogP contribution in [-0.4, -0.2) is 30.2 Å². The monoisotopic (exact) mass is 271 g/mol. The molecule has 0 bridgehead atoms. The van der Waals surface area contributed by atoms with Gasteiger partial charge < -0.3 is 9.64 Å². The van der Waals surface area contributed by atoms with Crippen molar-refractivity contribution < 1.29 is 9.53 Å². The van der Waals surface area contributed by atoms with E-state index in [1.807, 2.05) is 18.7 Å². The zero-order chi connectivity index (χ0) is 14.5. The molecule has 3 heteroatoms. The second-order valence-electron chi connectivity index (χ2n) is 5.54. The maximum absolute atomic E-state index is 12.0. The Morgan fingerprint density at radius 1 is 0.895 bits per heavy atom. The molecule has 0 heterocycles. The minimum atomic E-state index is -0.136. The van der Waals surface area contributed by atoms with Gasteiger partial charge in [-0.25, -0.2) is 4.79 Å². The number of amides is 1. The first-order valence-corrected chi connectivity index (χ1v) is 8.07. The predicted molar refractivity (Wildman–Crippen MR) is 81.5 cm³/mol. The number of ether oxygens (including phenoxy) is 1. The van der Waals surface area contributed by atoms with Gasteiger partial charge in [0.05, 0.1) is 6.10 Å². The fraction of sp³-hybridized carbons (Fsp3) is 0.938. The number of rotatable bonds is 11. The third kappa shape index (κ3) is 10.8. The van der Waals surface area contributed by atoms with Gasteiger partial charge >= 0.3 is 6.09 Å². The molecule has 19 heavy (non-hydrogen) atoms. The van der Waals surface area contributed by atoms with Crippen LogP contribution in [0.4, 0.5) is 4.79 Å². The van der Waals surface area contributed by atoms with Crippen LogP contribution in [0.2, 0.25) is 0 Å². The summed E-state index contributed by atoms with van der Waals surface area (Å²) in [7, 11) is 0. The first-order chi connectivity index (χ1) is 9.11. The molecule has 0 N–H and O–H groups in total. The molecule has 0 aromatic heterocycles. The van der Waals surface area contributed by atoms with Crippen molar-refractivity contribution in [3.8, 4) is 0 Å². The molecule has 0 spiro atoms. The van der Waals surface area contributed by atoms with Gasteiger partial charge in [0, 0.05) is 13.1 Å². The van der Waals surface area contributed by atoms with Crippen molar-refractivity contribution in [3.05, 3.63) is 0 Å². The normalized spacial score (nSPS) is 10.8. The third-order valence-corrected chi connectivity index (χ3v) is 3.16. The van der Waals surface area contributed by atoms with E-state index in [9.17, 15) is 4.79 Å². The predicted octanol–water partition coefficient (Wildman–Crippen LogP) is 4.99. The van der Waals surface area contributed by atoms with E-state index in [1.54, 1.807) is 0 Å². The molecule has 3 nitrogen and oxygen atoms in total. The molecule has 0 aromatic carbocycles. The lowest BCUT2D eigenvalue weighted by Gasteiger charge is -2.23. The second kappa shape index (κ2) is 12.3. The van der Waals surface area contributed by atoms with Gasteiger partial charge in [-0.1, -0.05) is 52.4 Å². The van der Waals surface area contributed by atoms with Gasteiger partial charge in [0.1, 0.15) is 0 Å². The van der Waals surface area contributed by atoms with Crippen LogP contribution >= 0.6 is 0 Å². The Morgan fingerprint density at radius 2 is 1.37 bits per heavy atom. The van der Waals surface area contributed by atoms with Crippen molar-refractivity contribution in [2.24, 2.45) is 0 Å². The lowest BCUT2D eigenvalue weighted by molar-refractivity contribution is 0.0756. The molecule has 0 rings (SSSR count). The number of hydrogen-bond donors (Lipinski definition) is 0. The summed E-state index contributed by atoms with van der Waals surface area (Å²) in [6.07, 6.45) is 9.40. The van der Waals surface area contributed by atoms with Crippen LogP contribution in [-0.2, 0) is 4.74 Å². The van der Waals surface area contributed by atoms with Crippen LogP contribution in [0.1, 0.15) is 79.1 Å². The van der Waals surface area contributed by atoms with Crippen LogP contribution in [0.25, 0.3) is 0 Å². The number of hydrogen-bond acceptors (Lipinski definition) is 2. The molecule has 0 aliphatic rings. The Kier molecular flexibility index (Phi) is 11.8. The third-order valence-electron chi connectivity index (χ3n) is 3.16. The fourth-order valence-corrected chi connectivity index (χ4v) is 2.03. The summed E-state index contributed by atoms with van der Waals surface area (Å²) in [4.78, 5) is 13.9. The smallest absolute Gasteiger partial charge is 0.410 e.